The topological polar surface area (TPSA) is 83.1 Å². The van der Waals surface area contributed by atoms with E-state index in [-0.39, 0.29) is 6.03 Å². The number of amides is 2. The van der Waals surface area contributed by atoms with Crippen molar-refractivity contribution in [1.82, 2.24) is 15.5 Å². The predicted octanol–water partition coefficient (Wildman–Crippen LogP) is 2.86. The summed E-state index contributed by atoms with van der Waals surface area (Å²) in [4.78, 5) is 29.9. The van der Waals surface area contributed by atoms with Gasteiger partial charge in [-0.3, -0.25) is 4.90 Å². The Morgan fingerprint density at radius 2 is 1.68 bits per heavy atom. The third-order valence-corrected chi connectivity index (χ3v) is 6.47. The number of hydrogen-bond acceptors (Lipinski definition) is 6. The van der Waals surface area contributed by atoms with Gasteiger partial charge in [0, 0.05) is 44.1 Å². The predicted molar refractivity (Wildman–Crippen MR) is 131 cm³/mol. The summed E-state index contributed by atoms with van der Waals surface area (Å²) in [7, 11) is 3.03. The highest BCUT2D eigenvalue weighted by atomic mass is 16.5. The van der Waals surface area contributed by atoms with Crippen LogP contribution in [0.3, 0.4) is 0 Å². The molecule has 2 aromatic carbocycles. The summed E-state index contributed by atoms with van der Waals surface area (Å²) in [5.74, 6) is 0.397. The highest BCUT2D eigenvalue weighted by Gasteiger charge is 2.34. The van der Waals surface area contributed by atoms with Crippen LogP contribution >= 0.6 is 0 Å². The summed E-state index contributed by atoms with van der Waals surface area (Å²) in [6.07, 6.45) is 0.923. The zero-order valence-corrected chi connectivity index (χ0v) is 20.0. The molecule has 2 heterocycles. The van der Waals surface area contributed by atoms with E-state index < -0.39 is 12.0 Å². The van der Waals surface area contributed by atoms with Crippen LogP contribution in [0.2, 0.25) is 0 Å². The summed E-state index contributed by atoms with van der Waals surface area (Å²) in [5.41, 5.74) is 4.25. The number of ether oxygens (including phenoxy) is 2. The number of nitrogens with one attached hydrogen (secondary N) is 2. The van der Waals surface area contributed by atoms with Crippen molar-refractivity contribution in [3.05, 3.63) is 70.9 Å². The number of carbonyl (C=O) groups excluding carboxylic acids is 2. The van der Waals surface area contributed by atoms with Crippen molar-refractivity contribution in [3.8, 4) is 5.75 Å². The van der Waals surface area contributed by atoms with E-state index in [0.717, 1.165) is 49.6 Å². The van der Waals surface area contributed by atoms with Gasteiger partial charge >= 0.3 is 12.0 Å². The molecule has 0 radical (unpaired) electrons. The Kier molecular flexibility index (Phi) is 7.37. The van der Waals surface area contributed by atoms with Gasteiger partial charge in [0.2, 0.25) is 0 Å². The Hall–Kier alpha value is -3.52. The minimum Gasteiger partial charge on any atom is -0.497 e. The Morgan fingerprint density at radius 3 is 2.26 bits per heavy atom. The van der Waals surface area contributed by atoms with Crippen molar-refractivity contribution < 1.29 is 19.1 Å². The lowest BCUT2D eigenvalue weighted by molar-refractivity contribution is -0.136. The molecule has 1 atom stereocenters. The van der Waals surface area contributed by atoms with Crippen LogP contribution in [0, 0.1) is 0 Å². The molecule has 2 N–H and O–H groups in total. The number of piperazine rings is 1. The van der Waals surface area contributed by atoms with Crippen LogP contribution in [0.1, 0.15) is 24.1 Å². The number of esters is 1. The minimum atomic E-state index is -0.553. The highest BCUT2D eigenvalue weighted by molar-refractivity contribution is 5.95. The molecule has 0 unspecified atom stereocenters. The van der Waals surface area contributed by atoms with Gasteiger partial charge in [-0.2, -0.15) is 0 Å². The SMILES string of the molecule is CCc1ccc([C@@H]2NC(=O)NC(CN3CCN(c4ccc(OC)cc4)CC3)=C2C(=O)OC)cc1. The van der Waals surface area contributed by atoms with Crippen LogP contribution in [0.25, 0.3) is 0 Å². The van der Waals surface area contributed by atoms with Crippen molar-refractivity contribution >= 4 is 17.7 Å². The second-order valence-electron chi connectivity index (χ2n) is 8.47. The number of methoxy groups -OCH3 is 2. The first-order chi connectivity index (χ1) is 16.5. The summed E-state index contributed by atoms with van der Waals surface area (Å²) in [6, 6.07) is 15.2. The Labute approximate surface area is 200 Å². The van der Waals surface area contributed by atoms with E-state index in [2.05, 4.69) is 39.5 Å². The van der Waals surface area contributed by atoms with Gasteiger partial charge in [0.25, 0.3) is 0 Å². The molecule has 34 heavy (non-hydrogen) atoms. The smallest absolute Gasteiger partial charge is 0.338 e. The molecule has 2 aliphatic heterocycles. The lowest BCUT2D eigenvalue weighted by Crippen LogP contribution is -2.51. The molecular formula is C26H32N4O4. The number of anilines is 1. The lowest BCUT2D eigenvalue weighted by atomic mass is 9.94. The maximum atomic E-state index is 12.8. The van der Waals surface area contributed by atoms with E-state index in [4.69, 9.17) is 9.47 Å². The monoisotopic (exact) mass is 464 g/mol. The van der Waals surface area contributed by atoms with Gasteiger partial charge in [0.05, 0.1) is 25.8 Å². The molecule has 2 aliphatic rings. The third kappa shape index (κ3) is 5.17. The van der Waals surface area contributed by atoms with Gasteiger partial charge in [0.15, 0.2) is 0 Å². The van der Waals surface area contributed by atoms with Crippen LogP contribution in [0.5, 0.6) is 5.75 Å². The average molecular weight is 465 g/mol. The number of hydrogen-bond donors (Lipinski definition) is 2. The van der Waals surface area contributed by atoms with Crippen molar-refractivity contribution in [2.75, 3.05) is 51.8 Å². The maximum Gasteiger partial charge on any atom is 0.338 e. The molecule has 2 aromatic rings. The molecule has 180 valence electrons. The number of aryl methyl sites for hydroxylation is 1. The van der Waals surface area contributed by atoms with E-state index in [1.54, 1.807) is 7.11 Å². The summed E-state index contributed by atoms with van der Waals surface area (Å²) < 4.78 is 10.4. The molecule has 0 saturated carbocycles. The van der Waals surface area contributed by atoms with Crippen LogP contribution in [0.15, 0.2) is 59.8 Å². The molecule has 8 heteroatoms. The van der Waals surface area contributed by atoms with Gasteiger partial charge in [-0.1, -0.05) is 31.2 Å². The number of nitrogens with zero attached hydrogens (tertiary/aromatic N) is 2. The summed E-state index contributed by atoms with van der Waals surface area (Å²) in [6.45, 7) is 5.88. The van der Waals surface area contributed by atoms with Gasteiger partial charge in [-0.05, 0) is 41.8 Å². The van der Waals surface area contributed by atoms with Crippen LogP contribution in [-0.2, 0) is 16.0 Å². The molecule has 1 fully saturated rings. The van der Waals surface area contributed by atoms with Gasteiger partial charge in [0.1, 0.15) is 5.75 Å². The van der Waals surface area contributed by atoms with Gasteiger partial charge in [-0.15, -0.1) is 0 Å². The van der Waals surface area contributed by atoms with Crippen LogP contribution < -0.4 is 20.3 Å². The molecule has 2 amide bonds. The zero-order chi connectivity index (χ0) is 24.1. The molecule has 0 spiro atoms. The standard InChI is InChI=1S/C26H32N4O4/c1-4-18-5-7-19(8-6-18)24-23(25(31)34-3)22(27-26(32)28-24)17-29-13-15-30(16-14-29)20-9-11-21(33-2)12-10-20/h5-12,24H,4,13-17H2,1-3H3,(H2,27,28,32)/t24-/m0/s1. The molecule has 0 aromatic heterocycles. The van der Waals surface area contributed by atoms with Crippen LogP contribution in [0.4, 0.5) is 10.5 Å². The second-order valence-corrected chi connectivity index (χ2v) is 8.47. The van der Waals surface area contributed by atoms with Crippen molar-refractivity contribution in [2.24, 2.45) is 0 Å². The number of carbonyl (C=O) groups is 2. The van der Waals surface area contributed by atoms with Crippen molar-refractivity contribution in [1.29, 1.82) is 0 Å². The van der Waals surface area contributed by atoms with E-state index in [1.807, 2.05) is 36.4 Å². The fraction of sp³-hybridized carbons (Fsp3) is 0.385. The molecular weight excluding hydrogens is 432 g/mol. The number of urea groups is 1. The summed E-state index contributed by atoms with van der Waals surface area (Å²) in [5, 5.41) is 5.76. The Bertz CT molecular complexity index is 1040. The first-order valence-corrected chi connectivity index (χ1v) is 11.6. The number of benzene rings is 2. The third-order valence-electron chi connectivity index (χ3n) is 6.47. The minimum absolute atomic E-state index is 0.316. The highest BCUT2D eigenvalue weighted by Crippen LogP contribution is 2.29. The Balaban J connectivity index is 1.51. The zero-order valence-electron chi connectivity index (χ0n) is 20.0. The van der Waals surface area contributed by atoms with Gasteiger partial charge < -0.3 is 25.0 Å². The molecule has 0 bridgehead atoms. The fourth-order valence-electron chi connectivity index (χ4n) is 4.47. The lowest BCUT2D eigenvalue weighted by Gasteiger charge is -2.38. The van der Waals surface area contributed by atoms with Gasteiger partial charge in [-0.25, -0.2) is 9.59 Å². The molecule has 4 rings (SSSR count). The first kappa shape index (κ1) is 23.6. The van der Waals surface area contributed by atoms with Crippen LogP contribution in [-0.4, -0.2) is 63.8 Å². The van der Waals surface area contributed by atoms with E-state index >= 15 is 0 Å². The van der Waals surface area contributed by atoms with E-state index in [0.29, 0.717) is 17.8 Å². The second kappa shape index (κ2) is 10.6. The normalized spacial score (nSPS) is 18.9. The quantitative estimate of drug-likeness (QED) is 0.614. The summed E-state index contributed by atoms with van der Waals surface area (Å²) >= 11 is 0. The first-order valence-electron chi connectivity index (χ1n) is 11.6. The largest absolute Gasteiger partial charge is 0.497 e. The molecule has 1 saturated heterocycles. The van der Waals surface area contributed by atoms with E-state index in [9.17, 15) is 9.59 Å². The Morgan fingerprint density at radius 1 is 1.00 bits per heavy atom. The fourth-order valence-corrected chi connectivity index (χ4v) is 4.47. The van der Waals surface area contributed by atoms with E-state index in [1.165, 1.54) is 12.7 Å². The average Bonchev–Trinajstić information content (AvgIpc) is 2.88. The number of rotatable bonds is 7. The molecule has 0 aliphatic carbocycles. The van der Waals surface area contributed by atoms with Crippen molar-refractivity contribution in [3.63, 3.8) is 0 Å². The van der Waals surface area contributed by atoms with Crippen molar-refractivity contribution in [2.45, 2.75) is 19.4 Å². The molecule has 8 nitrogen and oxygen atoms in total. The maximum absolute atomic E-state index is 12.8.